The molecule has 1 aromatic carbocycles. The van der Waals surface area contributed by atoms with Crippen LogP contribution >= 0.6 is 23.1 Å². The Bertz CT molecular complexity index is 1090. The molecule has 0 atom stereocenters. The van der Waals surface area contributed by atoms with Crippen LogP contribution in [0.15, 0.2) is 45.7 Å². The summed E-state index contributed by atoms with van der Waals surface area (Å²) in [6.45, 7) is 0.344. The maximum Gasteiger partial charge on any atom is 0.272 e. The van der Waals surface area contributed by atoms with Gasteiger partial charge in [0.15, 0.2) is 5.16 Å². The lowest BCUT2D eigenvalue weighted by atomic mass is 9.95. The van der Waals surface area contributed by atoms with Crippen LogP contribution in [0, 0.1) is 0 Å². The number of thioether (sulfide) groups is 1. The molecule has 2 aromatic heterocycles. The van der Waals surface area contributed by atoms with Gasteiger partial charge in [-0.25, -0.2) is 4.98 Å². The molecule has 158 valence electrons. The summed E-state index contributed by atoms with van der Waals surface area (Å²) in [7, 11) is 1.62. The zero-order valence-electron chi connectivity index (χ0n) is 16.9. The van der Waals surface area contributed by atoms with E-state index in [2.05, 4.69) is 10.3 Å². The van der Waals surface area contributed by atoms with E-state index in [1.807, 2.05) is 35.7 Å². The molecule has 6 nitrogen and oxygen atoms in total. The molecule has 0 aliphatic heterocycles. The zero-order valence-corrected chi connectivity index (χ0v) is 18.6. The van der Waals surface area contributed by atoms with E-state index in [9.17, 15) is 9.59 Å². The number of thiophene rings is 1. The Labute approximate surface area is 183 Å². The Morgan fingerprint density at radius 2 is 2.07 bits per heavy atom. The second-order valence-electron chi connectivity index (χ2n) is 7.42. The highest BCUT2D eigenvalue weighted by Crippen LogP contribution is 2.24. The van der Waals surface area contributed by atoms with Gasteiger partial charge < -0.3 is 10.1 Å². The van der Waals surface area contributed by atoms with Crippen molar-refractivity contribution < 1.29 is 9.53 Å². The molecule has 30 heavy (non-hydrogen) atoms. The van der Waals surface area contributed by atoms with E-state index in [0.29, 0.717) is 21.9 Å². The molecular weight excluding hydrogens is 418 g/mol. The summed E-state index contributed by atoms with van der Waals surface area (Å²) >= 11 is 2.70. The van der Waals surface area contributed by atoms with Gasteiger partial charge in [0.05, 0.1) is 24.9 Å². The van der Waals surface area contributed by atoms with Crippen molar-refractivity contribution in [1.29, 1.82) is 0 Å². The van der Waals surface area contributed by atoms with Crippen molar-refractivity contribution in [2.45, 2.75) is 49.8 Å². The Balaban J connectivity index is 1.57. The number of fused-ring (bicyclic) bond motifs is 1. The van der Waals surface area contributed by atoms with Crippen molar-refractivity contribution in [3.8, 4) is 5.75 Å². The Morgan fingerprint density at radius 3 is 2.87 bits per heavy atom. The third-order valence-corrected chi connectivity index (χ3v) is 7.22. The molecular formula is C22H25N3O3S2. The fraction of sp³-hybridized carbons (Fsp3) is 0.409. The van der Waals surface area contributed by atoms with Crippen molar-refractivity contribution in [1.82, 2.24) is 14.9 Å². The van der Waals surface area contributed by atoms with Crippen molar-refractivity contribution in [2.24, 2.45) is 0 Å². The van der Waals surface area contributed by atoms with Gasteiger partial charge in [0.1, 0.15) is 10.4 Å². The number of rotatable bonds is 7. The van der Waals surface area contributed by atoms with Crippen molar-refractivity contribution >= 4 is 39.2 Å². The normalized spacial score (nSPS) is 14.7. The number of hydrogen-bond donors (Lipinski definition) is 1. The quantitative estimate of drug-likeness (QED) is 0.440. The van der Waals surface area contributed by atoms with E-state index < -0.39 is 0 Å². The van der Waals surface area contributed by atoms with Crippen molar-refractivity contribution in [3.05, 3.63) is 51.6 Å². The van der Waals surface area contributed by atoms with Gasteiger partial charge in [0.2, 0.25) is 5.91 Å². The lowest BCUT2D eigenvalue weighted by Crippen LogP contribution is -2.37. The summed E-state index contributed by atoms with van der Waals surface area (Å²) in [5.41, 5.74) is 1.49. The number of ether oxygens (including phenoxy) is 1. The number of hydrogen-bond acceptors (Lipinski definition) is 6. The van der Waals surface area contributed by atoms with E-state index >= 15 is 0 Å². The third kappa shape index (κ3) is 4.70. The number of methoxy groups -OCH3 is 1. The van der Waals surface area contributed by atoms with Crippen LogP contribution in [-0.2, 0) is 11.3 Å². The van der Waals surface area contributed by atoms with E-state index in [-0.39, 0.29) is 23.3 Å². The SMILES string of the molecule is COc1ccccc1Cn1c(SCC(=O)NC2CCCCC2)nc2ccsc2c1=O. The maximum absolute atomic E-state index is 13.2. The molecule has 2 heterocycles. The molecule has 0 spiro atoms. The van der Waals surface area contributed by atoms with Gasteiger partial charge in [-0.3, -0.25) is 14.2 Å². The molecule has 0 radical (unpaired) electrons. The second kappa shape index (κ2) is 9.66. The molecule has 0 bridgehead atoms. The fourth-order valence-electron chi connectivity index (χ4n) is 3.82. The first-order chi connectivity index (χ1) is 14.7. The molecule has 1 saturated carbocycles. The minimum Gasteiger partial charge on any atom is -0.496 e. The molecule has 1 fully saturated rings. The number of carbonyl (C=O) groups is 1. The first-order valence-electron chi connectivity index (χ1n) is 10.2. The summed E-state index contributed by atoms with van der Waals surface area (Å²) < 4.78 is 7.72. The van der Waals surface area contributed by atoms with Gasteiger partial charge in [-0.2, -0.15) is 0 Å². The number of benzene rings is 1. The molecule has 1 aliphatic carbocycles. The predicted octanol–water partition coefficient (Wildman–Crippen LogP) is 4.06. The average molecular weight is 444 g/mol. The summed E-state index contributed by atoms with van der Waals surface area (Å²) in [5.74, 6) is 0.960. The molecule has 8 heteroatoms. The molecule has 0 unspecified atom stereocenters. The van der Waals surface area contributed by atoms with Crippen molar-refractivity contribution in [3.63, 3.8) is 0 Å². The third-order valence-electron chi connectivity index (χ3n) is 5.35. The minimum absolute atomic E-state index is 0.00425. The van der Waals surface area contributed by atoms with Crippen LogP contribution in [0.5, 0.6) is 5.75 Å². The Morgan fingerprint density at radius 1 is 1.27 bits per heavy atom. The maximum atomic E-state index is 13.2. The number of para-hydroxylation sites is 1. The first-order valence-corrected chi connectivity index (χ1v) is 12.0. The fourth-order valence-corrected chi connectivity index (χ4v) is 5.41. The van der Waals surface area contributed by atoms with Crippen LogP contribution in [0.2, 0.25) is 0 Å². The Hall–Kier alpha value is -2.32. The van der Waals surface area contributed by atoms with Gasteiger partial charge in [0, 0.05) is 11.6 Å². The standard InChI is InChI=1S/C22H25N3O3S2/c1-28-18-10-6-5-7-15(18)13-25-21(27)20-17(11-12-29-20)24-22(25)30-14-19(26)23-16-8-3-2-4-9-16/h5-7,10-12,16H,2-4,8-9,13-14H2,1H3,(H,23,26). The lowest BCUT2D eigenvalue weighted by molar-refractivity contribution is -0.119. The zero-order chi connectivity index (χ0) is 20.9. The topological polar surface area (TPSA) is 73.2 Å². The molecule has 3 aromatic rings. The van der Waals surface area contributed by atoms with Crippen LogP contribution < -0.4 is 15.6 Å². The largest absolute Gasteiger partial charge is 0.496 e. The van der Waals surface area contributed by atoms with Gasteiger partial charge in [-0.15, -0.1) is 11.3 Å². The van der Waals surface area contributed by atoms with Crippen LogP contribution in [0.25, 0.3) is 10.2 Å². The molecule has 1 amide bonds. The predicted molar refractivity (Wildman–Crippen MR) is 122 cm³/mol. The number of nitrogens with one attached hydrogen (secondary N) is 1. The highest BCUT2D eigenvalue weighted by molar-refractivity contribution is 7.99. The van der Waals surface area contributed by atoms with Gasteiger partial charge >= 0.3 is 0 Å². The minimum atomic E-state index is -0.0869. The first kappa shape index (κ1) is 20.9. The summed E-state index contributed by atoms with van der Waals surface area (Å²) in [4.78, 5) is 30.3. The van der Waals surface area contributed by atoms with Gasteiger partial charge in [-0.1, -0.05) is 49.2 Å². The molecule has 4 rings (SSSR count). The number of amides is 1. The van der Waals surface area contributed by atoms with Gasteiger partial charge in [-0.05, 0) is 30.4 Å². The van der Waals surface area contributed by atoms with Crippen LogP contribution in [0.1, 0.15) is 37.7 Å². The lowest BCUT2D eigenvalue weighted by Gasteiger charge is -2.22. The number of aromatic nitrogens is 2. The molecule has 1 aliphatic rings. The second-order valence-corrected chi connectivity index (χ2v) is 9.28. The molecule has 1 N–H and O–H groups in total. The van der Waals surface area contributed by atoms with E-state index in [1.54, 1.807) is 11.7 Å². The summed E-state index contributed by atoms with van der Waals surface area (Å²) in [6, 6.07) is 9.76. The number of nitrogens with zero attached hydrogens (tertiary/aromatic N) is 2. The van der Waals surface area contributed by atoms with E-state index in [0.717, 1.165) is 24.2 Å². The summed E-state index contributed by atoms with van der Waals surface area (Å²) in [6.07, 6.45) is 5.70. The van der Waals surface area contributed by atoms with Crippen LogP contribution in [0.4, 0.5) is 0 Å². The van der Waals surface area contributed by atoms with Crippen LogP contribution in [0.3, 0.4) is 0 Å². The number of carbonyl (C=O) groups excluding carboxylic acids is 1. The summed E-state index contributed by atoms with van der Waals surface area (Å²) in [5, 5.41) is 5.55. The highest BCUT2D eigenvalue weighted by Gasteiger charge is 2.18. The average Bonchev–Trinajstić information content (AvgIpc) is 3.24. The van der Waals surface area contributed by atoms with Gasteiger partial charge in [0.25, 0.3) is 5.56 Å². The smallest absolute Gasteiger partial charge is 0.272 e. The monoisotopic (exact) mass is 443 g/mol. The Kier molecular flexibility index (Phi) is 6.74. The van der Waals surface area contributed by atoms with Crippen LogP contribution in [-0.4, -0.2) is 34.4 Å². The van der Waals surface area contributed by atoms with E-state index in [4.69, 9.17) is 4.74 Å². The van der Waals surface area contributed by atoms with Crippen molar-refractivity contribution in [2.75, 3.05) is 12.9 Å². The highest BCUT2D eigenvalue weighted by atomic mass is 32.2. The van der Waals surface area contributed by atoms with E-state index in [1.165, 1.54) is 42.4 Å². The molecule has 0 saturated heterocycles.